The van der Waals surface area contributed by atoms with Crippen molar-refractivity contribution in [3.8, 4) is 0 Å². The number of allylic oxidation sites excluding steroid dienone is 2. The first-order valence-electron chi connectivity index (χ1n) is 8.86. The van der Waals surface area contributed by atoms with Gasteiger partial charge in [0, 0.05) is 5.38 Å². The van der Waals surface area contributed by atoms with Crippen LogP contribution in [0, 0.1) is 34.5 Å². The van der Waals surface area contributed by atoms with Crippen LogP contribution in [-0.4, -0.2) is 5.38 Å². The first-order chi connectivity index (χ1) is 9.55. The molecule has 3 fully saturated rings. The van der Waals surface area contributed by atoms with Gasteiger partial charge in [-0.1, -0.05) is 32.4 Å². The van der Waals surface area contributed by atoms with E-state index < -0.39 is 0 Å². The van der Waals surface area contributed by atoms with Crippen molar-refractivity contribution in [2.45, 2.75) is 70.6 Å². The Balaban J connectivity index is 1.68. The Morgan fingerprint density at radius 3 is 2.65 bits per heavy atom. The number of halogens is 1. The van der Waals surface area contributed by atoms with E-state index >= 15 is 0 Å². The number of hydrogen-bond donors (Lipinski definition) is 0. The fourth-order valence-corrected chi connectivity index (χ4v) is 7.35. The number of hydrogen-bond acceptors (Lipinski definition) is 0. The highest BCUT2D eigenvalue weighted by Gasteiger charge is 2.57. The summed E-state index contributed by atoms with van der Waals surface area (Å²) in [6.07, 6.45) is 16.3. The van der Waals surface area contributed by atoms with Gasteiger partial charge in [0.25, 0.3) is 0 Å². The predicted molar refractivity (Wildman–Crippen MR) is 85.9 cm³/mol. The lowest BCUT2D eigenvalue weighted by Gasteiger charge is -2.59. The summed E-state index contributed by atoms with van der Waals surface area (Å²) in [4.78, 5) is 0. The summed E-state index contributed by atoms with van der Waals surface area (Å²) in [5.41, 5.74) is 1.08. The van der Waals surface area contributed by atoms with E-state index in [4.69, 9.17) is 11.6 Å². The third-order valence-corrected chi connectivity index (χ3v) is 8.38. The van der Waals surface area contributed by atoms with Gasteiger partial charge in [0.05, 0.1) is 0 Å². The maximum absolute atomic E-state index is 6.70. The zero-order chi connectivity index (χ0) is 14.0. The van der Waals surface area contributed by atoms with Crippen LogP contribution in [0.15, 0.2) is 12.2 Å². The zero-order valence-electron chi connectivity index (χ0n) is 13.1. The molecule has 0 aromatic heterocycles. The van der Waals surface area contributed by atoms with E-state index in [0.29, 0.717) is 16.2 Å². The minimum atomic E-state index is 0.392. The van der Waals surface area contributed by atoms with Gasteiger partial charge in [0.1, 0.15) is 0 Å². The average molecular weight is 293 g/mol. The molecule has 0 saturated heterocycles. The molecule has 0 N–H and O–H groups in total. The van der Waals surface area contributed by atoms with E-state index in [2.05, 4.69) is 26.0 Å². The molecule has 3 saturated carbocycles. The smallest absolute Gasteiger partial charge is 0.0406 e. The standard InChI is InChI=1S/C19H29Cl/c1-18-10-3-5-14(18)13-7-8-16-17(20)6-4-11-19(16,2)15(13)9-12-18/h4,11,13-17H,3,5-10,12H2,1-2H3/t13-,14-,15+,16?,17?,18-,19+/m0/s1. The van der Waals surface area contributed by atoms with Crippen molar-refractivity contribution in [3.63, 3.8) is 0 Å². The van der Waals surface area contributed by atoms with Gasteiger partial charge >= 0.3 is 0 Å². The molecule has 0 aromatic carbocycles. The number of rotatable bonds is 0. The van der Waals surface area contributed by atoms with Crippen molar-refractivity contribution >= 4 is 11.6 Å². The number of alkyl halides is 1. The molecule has 0 radical (unpaired) electrons. The average Bonchev–Trinajstić information content (AvgIpc) is 2.80. The lowest BCUT2D eigenvalue weighted by Crippen LogP contribution is -2.52. The van der Waals surface area contributed by atoms with Crippen LogP contribution in [-0.2, 0) is 0 Å². The molecule has 0 bridgehead atoms. The predicted octanol–water partition coefficient (Wildman–Crippen LogP) is 5.80. The minimum absolute atomic E-state index is 0.392. The molecule has 2 unspecified atom stereocenters. The Hall–Kier alpha value is 0.0300. The van der Waals surface area contributed by atoms with Crippen LogP contribution < -0.4 is 0 Å². The first-order valence-corrected chi connectivity index (χ1v) is 9.30. The van der Waals surface area contributed by atoms with Crippen LogP contribution in [0.3, 0.4) is 0 Å². The summed E-state index contributed by atoms with van der Waals surface area (Å²) in [5, 5.41) is 0.392. The van der Waals surface area contributed by atoms with E-state index in [1.807, 2.05) is 0 Å². The van der Waals surface area contributed by atoms with Gasteiger partial charge in [-0.3, -0.25) is 0 Å². The van der Waals surface area contributed by atoms with E-state index in [0.717, 1.165) is 30.1 Å². The van der Waals surface area contributed by atoms with Crippen LogP contribution >= 0.6 is 11.6 Å². The topological polar surface area (TPSA) is 0 Å². The summed E-state index contributed by atoms with van der Waals surface area (Å²) in [5.74, 6) is 3.66. The molecule has 7 atom stereocenters. The van der Waals surface area contributed by atoms with Crippen LogP contribution in [0.2, 0.25) is 0 Å². The molecule has 4 aliphatic carbocycles. The Kier molecular flexibility index (Phi) is 3.09. The SMILES string of the molecule is C[C@@]12CCC[C@H]1[C@@H]1CCC3C(Cl)CC=C[C@]3(C)[C@@H]1CC2. The molecule has 0 heterocycles. The summed E-state index contributed by atoms with van der Waals surface area (Å²) < 4.78 is 0. The van der Waals surface area contributed by atoms with Crippen LogP contribution in [0.5, 0.6) is 0 Å². The molecule has 4 aliphatic rings. The molecular formula is C19H29Cl. The lowest BCUT2D eigenvalue weighted by atomic mass is 9.46. The zero-order valence-corrected chi connectivity index (χ0v) is 13.8. The van der Waals surface area contributed by atoms with Gasteiger partial charge in [-0.05, 0) is 79.4 Å². The second-order valence-corrected chi connectivity index (χ2v) is 9.23. The van der Waals surface area contributed by atoms with Crippen molar-refractivity contribution in [2.75, 3.05) is 0 Å². The molecule has 0 aliphatic heterocycles. The fraction of sp³-hybridized carbons (Fsp3) is 0.895. The maximum Gasteiger partial charge on any atom is 0.0406 e. The van der Waals surface area contributed by atoms with Crippen molar-refractivity contribution in [1.29, 1.82) is 0 Å². The molecule has 1 heteroatoms. The van der Waals surface area contributed by atoms with Crippen molar-refractivity contribution in [1.82, 2.24) is 0 Å². The van der Waals surface area contributed by atoms with Crippen LogP contribution in [0.4, 0.5) is 0 Å². The van der Waals surface area contributed by atoms with Crippen molar-refractivity contribution < 1.29 is 0 Å². The molecular weight excluding hydrogens is 264 g/mol. The highest BCUT2D eigenvalue weighted by Crippen LogP contribution is 2.65. The summed E-state index contributed by atoms with van der Waals surface area (Å²) >= 11 is 6.70. The second kappa shape index (κ2) is 4.51. The van der Waals surface area contributed by atoms with Crippen molar-refractivity contribution in [3.05, 3.63) is 12.2 Å². The van der Waals surface area contributed by atoms with Gasteiger partial charge in [0.15, 0.2) is 0 Å². The molecule has 0 nitrogen and oxygen atoms in total. The summed E-state index contributed by atoms with van der Waals surface area (Å²) in [6, 6.07) is 0. The van der Waals surface area contributed by atoms with Gasteiger partial charge in [-0.2, -0.15) is 0 Å². The molecule has 0 spiro atoms. The van der Waals surface area contributed by atoms with E-state index in [9.17, 15) is 0 Å². The number of fused-ring (bicyclic) bond motifs is 5. The molecule has 20 heavy (non-hydrogen) atoms. The first kappa shape index (κ1) is 13.7. The summed E-state index contributed by atoms with van der Waals surface area (Å²) in [6.45, 7) is 5.13. The quantitative estimate of drug-likeness (QED) is 0.391. The highest BCUT2D eigenvalue weighted by atomic mass is 35.5. The normalized spacial score (nSPS) is 57.9. The third-order valence-electron chi connectivity index (χ3n) is 7.90. The highest BCUT2D eigenvalue weighted by molar-refractivity contribution is 6.21. The lowest BCUT2D eigenvalue weighted by molar-refractivity contribution is -0.0668. The summed E-state index contributed by atoms with van der Waals surface area (Å²) in [7, 11) is 0. The van der Waals surface area contributed by atoms with Gasteiger partial charge in [-0.15, -0.1) is 11.6 Å². The Labute approximate surface area is 129 Å². The van der Waals surface area contributed by atoms with Gasteiger partial charge < -0.3 is 0 Å². The Morgan fingerprint density at radius 2 is 1.80 bits per heavy atom. The van der Waals surface area contributed by atoms with E-state index in [-0.39, 0.29) is 0 Å². The Bertz CT molecular complexity index is 427. The largest absolute Gasteiger partial charge is 0.122 e. The third kappa shape index (κ3) is 1.73. The van der Waals surface area contributed by atoms with E-state index in [1.165, 1.54) is 44.9 Å². The molecule has 112 valence electrons. The molecule has 4 rings (SSSR count). The molecule has 0 amide bonds. The van der Waals surface area contributed by atoms with E-state index in [1.54, 1.807) is 0 Å². The van der Waals surface area contributed by atoms with Gasteiger partial charge in [-0.25, -0.2) is 0 Å². The van der Waals surface area contributed by atoms with Crippen molar-refractivity contribution in [2.24, 2.45) is 34.5 Å². The Morgan fingerprint density at radius 1 is 0.950 bits per heavy atom. The minimum Gasteiger partial charge on any atom is -0.122 e. The molecule has 0 aromatic rings. The van der Waals surface area contributed by atoms with Gasteiger partial charge in [0.2, 0.25) is 0 Å². The fourth-order valence-electron chi connectivity index (χ4n) is 6.85. The monoisotopic (exact) mass is 292 g/mol. The second-order valence-electron chi connectivity index (χ2n) is 8.67. The van der Waals surface area contributed by atoms with Crippen LogP contribution in [0.25, 0.3) is 0 Å². The maximum atomic E-state index is 6.70. The van der Waals surface area contributed by atoms with Crippen LogP contribution in [0.1, 0.15) is 65.2 Å².